The summed E-state index contributed by atoms with van der Waals surface area (Å²) < 4.78 is 15.2. The summed E-state index contributed by atoms with van der Waals surface area (Å²) in [6, 6.07) is 10.5. The molecule has 0 spiro atoms. The first-order chi connectivity index (χ1) is 18.2. The van der Waals surface area contributed by atoms with Gasteiger partial charge in [-0.3, -0.25) is 19.1 Å². The number of aromatic nitrogens is 2. The molecule has 0 bridgehead atoms. The summed E-state index contributed by atoms with van der Waals surface area (Å²) in [5, 5.41) is 3.21. The quantitative estimate of drug-likeness (QED) is 0.471. The van der Waals surface area contributed by atoms with Crippen molar-refractivity contribution in [2.75, 3.05) is 31.1 Å². The van der Waals surface area contributed by atoms with Crippen molar-refractivity contribution in [2.45, 2.75) is 58.7 Å². The lowest BCUT2D eigenvalue weighted by Gasteiger charge is -2.28. The molecule has 0 radical (unpaired) electrons. The zero-order valence-corrected chi connectivity index (χ0v) is 23.0. The summed E-state index contributed by atoms with van der Waals surface area (Å²) >= 11 is 6.04. The molecule has 38 heavy (non-hydrogen) atoms. The Morgan fingerprint density at radius 1 is 1.11 bits per heavy atom. The molecule has 2 aromatic carbocycles. The fraction of sp³-hybridized carbons (Fsp3) is 0.483. The molecular formula is C29H35ClFN5O2. The van der Waals surface area contributed by atoms with E-state index in [-0.39, 0.29) is 34.9 Å². The van der Waals surface area contributed by atoms with Crippen LogP contribution in [0.5, 0.6) is 0 Å². The van der Waals surface area contributed by atoms with Crippen molar-refractivity contribution in [3.05, 3.63) is 57.6 Å². The number of rotatable bonds is 7. The van der Waals surface area contributed by atoms with E-state index in [0.29, 0.717) is 22.5 Å². The maximum absolute atomic E-state index is 13.9. The lowest BCUT2D eigenvalue weighted by Crippen LogP contribution is -2.38. The molecule has 2 aliphatic rings. The number of nitrogens with one attached hydrogen (secondary N) is 1. The Bertz CT molecular complexity index is 1400. The molecule has 3 aromatic rings. The molecule has 1 unspecified atom stereocenters. The van der Waals surface area contributed by atoms with Gasteiger partial charge in [-0.1, -0.05) is 11.6 Å². The van der Waals surface area contributed by atoms with E-state index in [0.717, 1.165) is 44.2 Å². The number of fused-ring (bicyclic) bond motifs is 1. The van der Waals surface area contributed by atoms with Crippen LogP contribution in [-0.4, -0.2) is 58.6 Å². The number of benzene rings is 2. The number of anilines is 1. The monoisotopic (exact) mass is 539 g/mol. The third-order valence-electron chi connectivity index (χ3n) is 7.64. The highest BCUT2D eigenvalue weighted by atomic mass is 35.5. The van der Waals surface area contributed by atoms with Crippen LogP contribution in [0.1, 0.15) is 40.0 Å². The SMILES string of the molecule is CC(C)NC(=O)Cn1c(-c2ccc(F)c(Cl)c2)nc2ccc(N3CCCN(C(C)C4CC4)CC3)cc2c1=O. The first kappa shape index (κ1) is 26.6. The van der Waals surface area contributed by atoms with Crippen LogP contribution in [-0.2, 0) is 11.3 Å². The lowest BCUT2D eigenvalue weighted by atomic mass is 10.1. The molecule has 1 atom stereocenters. The first-order valence-corrected chi connectivity index (χ1v) is 13.9. The number of carbonyl (C=O) groups is 1. The Labute approximate surface area is 227 Å². The van der Waals surface area contributed by atoms with E-state index in [1.807, 2.05) is 32.0 Å². The summed E-state index contributed by atoms with van der Waals surface area (Å²) in [5.74, 6) is 0.251. The fourth-order valence-electron chi connectivity index (χ4n) is 5.40. The van der Waals surface area contributed by atoms with E-state index in [9.17, 15) is 14.0 Å². The predicted octanol–water partition coefficient (Wildman–Crippen LogP) is 4.69. The summed E-state index contributed by atoms with van der Waals surface area (Å²) in [4.78, 5) is 36.2. The number of amides is 1. The normalized spacial score (nSPS) is 17.6. The van der Waals surface area contributed by atoms with Gasteiger partial charge in [0.15, 0.2) is 0 Å². The third kappa shape index (κ3) is 5.71. The molecule has 1 aromatic heterocycles. The molecule has 202 valence electrons. The molecule has 1 aliphatic heterocycles. The van der Waals surface area contributed by atoms with Crippen molar-refractivity contribution in [2.24, 2.45) is 5.92 Å². The van der Waals surface area contributed by atoms with Gasteiger partial charge < -0.3 is 10.2 Å². The molecule has 7 nitrogen and oxygen atoms in total. The van der Waals surface area contributed by atoms with Crippen LogP contribution in [0, 0.1) is 11.7 Å². The second-order valence-corrected chi connectivity index (χ2v) is 11.2. The highest BCUT2D eigenvalue weighted by Gasteiger charge is 2.32. The highest BCUT2D eigenvalue weighted by molar-refractivity contribution is 6.31. The Morgan fingerprint density at radius 3 is 2.61 bits per heavy atom. The van der Waals surface area contributed by atoms with E-state index < -0.39 is 5.82 Å². The molecule has 1 saturated heterocycles. The minimum Gasteiger partial charge on any atom is -0.370 e. The van der Waals surface area contributed by atoms with Gasteiger partial charge in [0.25, 0.3) is 5.56 Å². The van der Waals surface area contributed by atoms with Crippen molar-refractivity contribution in [3.63, 3.8) is 0 Å². The van der Waals surface area contributed by atoms with Gasteiger partial charge >= 0.3 is 0 Å². The zero-order chi connectivity index (χ0) is 27.0. The Morgan fingerprint density at radius 2 is 1.89 bits per heavy atom. The highest BCUT2D eigenvalue weighted by Crippen LogP contribution is 2.35. The summed E-state index contributed by atoms with van der Waals surface area (Å²) in [7, 11) is 0. The van der Waals surface area contributed by atoms with Crippen molar-refractivity contribution < 1.29 is 9.18 Å². The number of halogens is 2. The van der Waals surface area contributed by atoms with E-state index in [1.54, 1.807) is 0 Å². The number of hydrogen-bond acceptors (Lipinski definition) is 5. The van der Waals surface area contributed by atoms with Crippen LogP contribution in [0.2, 0.25) is 5.02 Å². The van der Waals surface area contributed by atoms with Gasteiger partial charge in [-0.25, -0.2) is 9.37 Å². The van der Waals surface area contributed by atoms with E-state index in [1.165, 1.54) is 35.6 Å². The molecular weight excluding hydrogens is 505 g/mol. The minimum atomic E-state index is -0.560. The topological polar surface area (TPSA) is 70.5 Å². The Kier molecular flexibility index (Phi) is 7.73. The first-order valence-electron chi connectivity index (χ1n) is 13.5. The summed E-state index contributed by atoms with van der Waals surface area (Å²) in [6.45, 7) is 9.77. The van der Waals surface area contributed by atoms with E-state index in [4.69, 9.17) is 16.6 Å². The van der Waals surface area contributed by atoms with Crippen molar-refractivity contribution >= 4 is 34.1 Å². The molecule has 1 aliphatic carbocycles. The molecule has 1 saturated carbocycles. The molecule has 5 rings (SSSR count). The van der Waals surface area contributed by atoms with Crippen LogP contribution in [0.15, 0.2) is 41.2 Å². The third-order valence-corrected chi connectivity index (χ3v) is 7.93. The molecule has 2 heterocycles. The van der Waals surface area contributed by atoms with Gasteiger partial charge in [0, 0.05) is 49.5 Å². The van der Waals surface area contributed by atoms with Crippen molar-refractivity contribution in [1.82, 2.24) is 19.8 Å². The van der Waals surface area contributed by atoms with Crippen LogP contribution >= 0.6 is 11.6 Å². The maximum atomic E-state index is 13.9. The minimum absolute atomic E-state index is 0.0726. The average Bonchev–Trinajstić information content (AvgIpc) is 3.74. The largest absolute Gasteiger partial charge is 0.370 e. The standard InChI is InChI=1S/C29H35ClFN5O2/c1-18(2)32-27(37)17-36-28(21-7-9-25(31)24(30)15-21)33-26-10-8-22(16-23(26)29(36)38)35-12-4-11-34(13-14-35)19(3)20-5-6-20/h7-10,15-16,18-20H,4-6,11-14,17H2,1-3H3,(H,32,37). The van der Waals surface area contributed by atoms with Crippen LogP contribution in [0.3, 0.4) is 0 Å². The molecule has 9 heteroatoms. The second kappa shape index (κ2) is 11.0. The Balaban J connectivity index is 1.51. The van der Waals surface area contributed by atoms with Gasteiger partial charge in [0.05, 0.1) is 15.9 Å². The van der Waals surface area contributed by atoms with Gasteiger partial charge in [-0.05, 0) is 82.3 Å². The average molecular weight is 540 g/mol. The van der Waals surface area contributed by atoms with Crippen LogP contribution in [0.25, 0.3) is 22.3 Å². The van der Waals surface area contributed by atoms with Crippen molar-refractivity contribution in [3.8, 4) is 11.4 Å². The van der Waals surface area contributed by atoms with Gasteiger partial charge in [-0.2, -0.15) is 0 Å². The zero-order valence-electron chi connectivity index (χ0n) is 22.2. The van der Waals surface area contributed by atoms with Crippen LogP contribution in [0.4, 0.5) is 10.1 Å². The van der Waals surface area contributed by atoms with Gasteiger partial charge in [0.2, 0.25) is 5.91 Å². The Hall–Kier alpha value is -2.97. The van der Waals surface area contributed by atoms with Gasteiger partial charge in [-0.15, -0.1) is 0 Å². The summed E-state index contributed by atoms with van der Waals surface area (Å²) in [6.07, 6.45) is 3.75. The lowest BCUT2D eigenvalue weighted by molar-refractivity contribution is -0.122. The van der Waals surface area contributed by atoms with E-state index >= 15 is 0 Å². The van der Waals surface area contributed by atoms with E-state index in [2.05, 4.69) is 22.0 Å². The second-order valence-electron chi connectivity index (χ2n) is 10.8. The predicted molar refractivity (Wildman–Crippen MR) is 150 cm³/mol. The maximum Gasteiger partial charge on any atom is 0.262 e. The summed E-state index contributed by atoms with van der Waals surface area (Å²) in [5.41, 5.74) is 1.65. The van der Waals surface area contributed by atoms with Crippen LogP contribution < -0.4 is 15.8 Å². The number of carbonyl (C=O) groups excluding carboxylic acids is 1. The molecule has 1 amide bonds. The molecule has 1 N–H and O–H groups in total. The van der Waals surface area contributed by atoms with Crippen molar-refractivity contribution in [1.29, 1.82) is 0 Å². The molecule has 2 fully saturated rings. The van der Waals surface area contributed by atoms with Gasteiger partial charge in [0.1, 0.15) is 18.2 Å². The smallest absolute Gasteiger partial charge is 0.262 e. The number of hydrogen-bond donors (Lipinski definition) is 1. The fourth-order valence-corrected chi connectivity index (χ4v) is 5.58. The number of nitrogens with zero attached hydrogens (tertiary/aromatic N) is 4.